The first kappa shape index (κ1) is 10.0. The van der Waals surface area contributed by atoms with Gasteiger partial charge in [0.1, 0.15) is 0 Å². The van der Waals surface area contributed by atoms with E-state index in [-0.39, 0.29) is 0 Å². The molecule has 0 spiro atoms. The van der Waals surface area contributed by atoms with Gasteiger partial charge in [-0.05, 0) is 31.7 Å². The molecule has 0 bridgehead atoms. The summed E-state index contributed by atoms with van der Waals surface area (Å²) in [6.07, 6.45) is 4.08. The molecular weight excluding hydrogens is 150 g/mol. The third-order valence-corrected chi connectivity index (χ3v) is 2.64. The Labute approximate surface area is 75.7 Å². The second-order valence-electron chi connectivity index (χ2n) is 3.63. The van der Waals surface area contributed by atoms with E-state index in [0.717, 1.165) is 31.9 Å². The van der Waals surface area contributed by atoms with Crippen molar-refractivity contribution in [2.75, 3.05) is 19.7 Å². The van der Waals surface area contributed by atoms with Crippen molar-refractivity contribution in [3.63, 3.8) is 0 Å². The van der Waals surface area contributed by atoms with Gasteiger partial charge in [-0.1, -0.05) is 13.8 Å². The van der Waals surface area contributed by atoms with Crippen molar-refractivity contribution in [1.29, 1.82) is 0 Å². The molecule has 0 radical (unpaired) electrons. The average molecular weight is 171 g/mol. The van der Waals surface area contributed by atoms with Gasteiger partial charge in [0.2, 0.25) is 0 Å². The van der Waals surface area contributed by atoms with Crippen molar-refractivity contribution in [3.8, 4) is 0 Å². The van der Waals surface area contributed by atoms with Crippen LogP contribution in [0.1, 0.15) is 33.1 Å². The Bertz CT molecular complexity index is 104. The molecule has 1 N–H and O–H groups in total. The maximum Gasteiger partial charge on any atom is 0.0570 e. The summed E-state index contributed by atoms with van der Waals surface area (Å²) < 4.78 is 5.78. The molecule has 0 amide bonds. The van der Waals surface area contributed by atoms with Crippen LogP contribution < -0.4 is 5.32 Å². The second-order valence-corrected chi connectivity index (χ2v) is 3.63. The number of nitrogens with one attached hydrogen (secondary N) is 1. The Balaban J connectivity index is 2.06. The summed E-state index contributed by atoms with van der Waals surface area (Å²) in [4.78, 5) is 0. The average Bonchev–Trinajstić information content (AvgIpc) is 2.59. The molecular formula is C10H21NO. The van der Waals surface area contributed by atoms with Crippen LogP contribution in [-0.2, 0) is 4.74 Å². The Hall–Kier alpha value is -0.0800. The van der Waals surface area contributed by atoms with Gasteiger partial charge >= 0.3 is 0 Å². The highest BCUT2D eigenvalue weighted by Crippen LogP contribution is 2.11. The van der Waals surface area contributed by atoms with Gasteiger partial charge in [-0.2, -0.15) is 0 Å². The SMILES string of the molecule is CCC(CC)OCC1CCNC1. The highest BCUT2D eigenvalue weighted by atomic mass is 16.5. The fourth-order valence-corrected chi connectivity index (χ4v) is 1.65. The molecule has 2 nitrogen and oxygen atoms in total. The van der Waals surface area contributed by atoms with E-state index in [4.69, 9.17) is 4.74 Å². The molecule has 0 saturated carbocycles. The number of hydrogen-bond donors (Lipinski definition) is 1. The van der Waals surface area contributed by atoms with E-state index in [1.807, 2.05) is 0 Å². The molecule has 2 heteroatoms. The summed E-state index contributed by atoms with van der Waals surface area (Å²) in [6.45, 7) is 7.68. The predicted molar refractivity (Wildman–Crippen MR) is 51.3 cm³/mol. The summed E-state index contributed by atoms with van der Waals surface area (Å²) in [6, 6.07) is 0. The summed E-state index contributed by atoms with van der Waals surface area (Å²) >= 11 is 0. The molecule has 0 aromatic rings. The number of ether oxygens (including phenoxy) is 1. The monoisotopic (exact) mass is 171 g/mol. The fourth-order valence-electron chi connectivity index (χ4n) is 1.65. The number of rotatable bonds is 5. The lowest BCUT2D eigenvalue weighted by molar-refractivity contribution is 0.0285. The molecule has 1 heterocycles. The maximum atomic E-state index is 5.78. The molecule has 72 valence electrons. The van der Waals surface area contributed by atoms with Gasteiger partial charge in [0, 0.05) is 6.54 Å². The Morgan fingerprint density at radius 1 is 1.42 bits per heavy atom. The van der Waals surface area contributed by atoms with E-state index in [1.54, 1.807) is 0 Å². The third kappa shape index (κ3) is 3.11. The molecule has 1 saturated heterocycles. The summed E-state index contributed by atoms with van der Waals surface area (Å²) in [7, 11) is 0. The molecule has 0 aliphatic carbocycles. The maximum absolute atomic E-state index is 5.78. The molecule has 1 aliphatic heterocycles. The molecule has 1 aliphatic rings. The largest absolute Gasteiger partial charge is 0.378 e. The van der Waals surface area contributed by atoms with Crippen LogP contribution in [0.25, 0.3) is 0 Å². The van der Waals surface area contributed by atoms with Crippen molar-refractivity contribution < 1.29 is 4.74 Å². The molecule has 1 fully saturated rings. The van der Waals surface area contributed by atoms with Gasteiger partial charge in [0.25, 0.3) is 0 Å². The topological polar surface area (TPSA) is 21.3 Å². The number of hydrogen-bond acceptors (Lipinski definition) is 2. The summed E-state index contributed by atoms with van der Waals surface area (Å²) in [5.41, 5.74) is 0. The minimum absolute atomic E-state index is 0.491. The lowest BCUT2D eigenvalue weighted by Crippen LogP contribution is -2.19. The van der Waals surface area contributed by atoms with E-state index in [1.165, 1.54) is 13.0 Å². The zero-order chi connectivity index (χ0) is 8.81. The van der Waals surface area contributed by atoms with Crippen LogP contribution in [0.3, 0.4) is 0 Å². The second kappa shape index (κ2) is 5.55. The fraction of sp³-hybridized carbons (Fsp3) is 1.00. The predicted octanol–water partition coefficient (Wildman–Crippen LogP) is 1.80. The van der Waals surface area contributed by atoms with Crippen LogP contribution in [0, 0.1) is 5.92 Å². The smallest absolute Gasteiger partial charge is 0.0570 e. The van der Waals surface area contributed by atoms with E-state index in [9.17, 15) is 0 Å². The first-order valence-corrected chi connectivity index (χ1v) is 5.19. The van der Waals surface area contributed by atoms with Crippen LogP contribution in [0.5, 0.6) is 0 Å². The highest BCUT2D eigenvalue weighted by molar-refractivity contribution is 4.70. The van der Waals surface area contributed by atoms with E-state index in [0.29, 0.717) is 6.10 Å². The third-order valence-electron chi connectivity index (χ3n) is 2.64. The molecule has 1 atom stereocenters. The minimum Gasteiger partial charge on any atom is -0.378 e. The molecule has 0 aromatic carbocycles. The molecule has 0 aromatic heterocycles. The Kier molecular flexibility index (Phi) is 4.62. The molecule has 1 rings (SSSR count). The Morgan fingerprint density at radius 2 is 2.17 bits per heavy atom. The minimum atomic E-state index is 0.491. The standard InChI is InChI=1S/C10H21NO/c1-3-10(4-2)12-8-9-5-6-11-7-9/h9-11H,3-8H2,1-2H3. The van der Waals surface area contributed by atoms with Crippen molar-refractivity contribution >= 4 is 0 Å². The van der Waals surface area contributed by atoms with Crippen molar-refractivity contribution in [2.24, 2.45) is 5.92 Å². The van der Waals surface area contributed by atoms with Gasteiger partial charge in [-0.15, -0.1) is 0 Å². The summed E-state index contributed by atoms with van der Waals surface area (Å²) in [5, 5.41) is 3.35. The van der Waals surface area contributed by atoms with Gasteiger partial charge in [-0.25, -0.2) is 0 Å². The Morgan fingerprint density at radius 3 is 2.67 bits per heavy atom. The molecule has 12 heavy (non-hydrogen) atoms. The lowest BCUT2D eigenvalue weighted by atomic mass is 10.1. The first-order chi connectivity index (χ1) is 5.86. The van der Waals surface area contributed by atoms with Gasteiger partial charge in [0.05, 0.1) is 12.7 Å². The van der Waals surface area contributed by atoms with E-state index in [2.05, 4.69) is 19.2 Å². The van der Waals surface area contributed by atoms with Crippen molar-refractivity contribution in [3.05, 3.63) is 0 Å². The lowest BCUT2D eigenvalue weighted by Gasteiger charge is -2.16. The molecule has 1 unspecified atom stereocenters. The van der Waals surface area contributed by atoms with Crippen molar-refractivity contribution in [2.45, 2.75) is 39.2 Å². The normalized spacial score (nSPS) is 23.8. The van der Waals surface area contributed by atoms with Crippen LogP contribution in [0.4, 0.5) is 0 Å². The highest BCUT2D eigenvalue weighted by Gasteiger charge is 2.15. The van der Waals surface area contributed by atoms with E-state index >= 15 is 0 Å². The van der Waals surface area contributed by atoms with E-state index < -0.39 is 0 Å². The zero-order valence-electron chi connectivity index (χ0n) is 8.31. The summed E-state index contributed by atoms with van der Waals surface area (Å²) in [5.74, 6) is 0.769. The van der Waals surface area contributed by atoms with Crippen LogP contribution in [-0.4, -0.2) is 25.8 Å². The first-order valence-electron chi connectivity index (χ1n) is 5.19. The van der Waals surface area contributed by atoms with Crippen LogP contribution in [0.15, 0.2) is 0 Å². The quantitative estimate of drug-likeness (QED) is 0.681. The van der Waals surface area contributed by atoms with Crippen LogP contribution >= 0.6 is 0 Å². The van der Waals surface area contributed by atoms with Gasteiger partial charge < -0.3 is 10.1 Å². The zero-order valence-corrected chi connectivity index (χ0v) is 8.31. The van der Waals surface area contributed by atoms with Gasteiger partial charge in [-0.3, -0.25) is 0 Å². The van der Waals surface area contributed by atoms with Gasteiger partial charge in [0.15, 0.2) is 0 Å². The van der Waals surface area contributed by atoms with Crippen molar-refractivity contribution in [1.82, 2.24) is 5.32 Å². The van der Waals surface area contributed by atoms with Crippen LogP contribution in [0.2, 0.25) is 0 Å².